The largest absolute Gasteiger partial charge is 0.485 e. The van der Waals surface area contributed by atoms with E-state index in [-0.39, 0.29) is 0 Å². The molecule has 0 aliphatic rings. The highest BCUT2D eigenvalue weighted by molar-refractivity contribution is 5.51. The molecule has 0 aliphatic carbocycles. The molecule has 0 unspecified atom stereocenters. The van der Waals surface area contributed by atoms with Gasteiger partial charge in [0.25, 0.3) is 0 Å². The van der Waals surface area contributed by atoms with Crippen molar-refractivity contribution in [2.75, 3.05) is 5.73 Å². The highest BCUT2D eigenvalue weighted by Gasteiger charge is 2.04. The van der Waals surface area contributed by atoms with Gasteiger partial charge in [0.1, 0.15) is 18.0 Å². The van der Waals surface area contributed by atoms with E-state index in [9.17, 15) is 0 Å². The van der Waals surface area contributed by atoms with E-state index in [1.54, 1.807) is 0 Å². The lowest BCUT2D eigenvalue weighted by atomic mass is 10.3. The molecule has 19 heavy (non-hydrogen) atoms. The maximum atomic E-state index is 5.83. The summed E-state index contributed by atoms with van der Waals surface area (Å²) in [7, 11) is 0. The van der Waals surface area contributed by atoms with Gasteiger partial charge < -0.3 is 14.9 Å². The van der Waals surface area contributed by atoms with Crippen molar-refractivity contribution in [1.29, 1.82) is 0 Å². The Morgan fingerprint density at radius 3 is 2.95 bits per heavy atom. The molecule has 0 saturated carbocycles. The molecular weight excluding hydrogens is 238 g/mol. The van der Waals surface area contributed by atoms with Crippen LogP contribution in [0.3, 0.4) is 0 Å². The molecule has 0 spiro atoms. The Labute approximate surface area is 111 Å². The summed E-state index contributed by atoms with van der Waals surface area (Å²) in [5, 5.41) is 0. The number of aromatic nitrogens is 2. The van der Waals surface area contributed by atoms with Crippen molar-refractivity contribution in [1.82, 2.24) is 9.38 Å². The SMILES string of the molecule is Cc1ccn2cc(COc3ccccc3N)nc2c1. The summed E-state index contributed by atoms with van der Waals surface area (Å²) in [5.74, 6) is 0.690. The molecule has 2 N–H and O–H groups in total. The van der Waals surface area contributed by atoms with Crippen LogP contribution in [0.1, 0.15) is 11.3 Å². The maximum absolute atomic E-state index is 5.83. The number of ether oxygens (including phenoxy) is 1. The van der Waals surface area contributed by atoms with Crippen LogP contribution in [0.4, 0.5) is 5.69 Å². The average molecular weight is 253 g/mol. The number of hydrogen-bond acceptors (Lipinski definition) is 3. The van der Waals surface area contributed by atoms with Crippen LogP contribution in [0.25, 0.3) is 5.65 Å². The summed E-state index contributed by atoms with van der Waals surface area (Å²) >= 11 is 0. The molecule has 96 valence electrons. The summed E-state index contributed by atoms with van der Waals surface area (Å²) in [4.78, 5) is 4.52. The number of benzene rings is 1. The topological polar surface area (TPSA) is 52.5 Å². The molecule has 3 rings (SSSR count). The van der Waals surface area contributed by atoms with E-state index in [4.69, 9.17) is 10.5 Å². The first-order chi connectivity index (χ1) is 9.22. The molecule has 0 aliphatic heterocycles. The van der Waals surface area contributed by atoms with Crippen molar-refractivity contribution in [3.05, 3.63) is 60.0 Å². The molecular formula is C15H15N3O. The first kappa shape index (κ1) is 11.6. The Balaban J connectivity index is 1.80. The quantitative estimate of drug-likeness (QED) is 0.730. The van der Waals surface area contributed by atoms with Gasteiger partial charge in [-0.1, -0.05) is 12.1 Å². The van der Waals surface area contributed by atoms with Crippen molar-refractivity contribution in [3.63, 3.8) is 0 Å². The number of pyridine rings is 1. The van der Waals surface area contributed by atoms with E-state index < -0.39 is 0 Å². The third-order valence-electron chi connectivity index (χ3n) is 2.96. The number of para-hydroxylation sites is 2. The van der Waals surface area contributed by atoms with E-state index in [0.29, 0.717) is 18.0 Å². The van der Waals surface area contributed by atoms with E-state index in [0.717, 1.165) is 11.3 Å². The van der Waals surface area contributed by atoms with E-state index in [1.807, 2.05) is 47.1 Å². The van der Waals surface area contributed by atoms with Gasteiger partial charge in [-0.2, -0.15) is 0 Å². The van der Waals surface area contributed by atoms with E-state index >= 15 is 0 Å². The molecule has 0 fully saturated rings. The average Bonchev–Trinajstić information content (AvgIpc) is 2.79. The zero-order valence-electron chi connectivity index (χ0n) is 10.7. The predicted molar refractivity (Wildman–Crippen MR) is 75.1 cm³/mol. The van der Waals surface area contributed by atoms with Gasteiger partial charge in [-0.15, -0.1) is 0 Å². The number of aryl methyl sites for hydroxylation is 1. The van der Waals surface area contributed by atoms with Crippen molar-refractivity contribution in [2.45, 2.75) is 13.5 Å². The number of nitrogen functional groups attached to an aromatic ring is 1. The normalized spacial score (nSPS) is 10.8. The van der Waals surface area contributed by atoms with Gasteiger partial charge in [-0.05, 0) is 36.8 Å². The Morgan fingerprint density at radius 1 is 1.26 bits per heavy atom. The molecule has 2 heterocycles. The molecule has 3 aromatic rings. The summed E-state index contributed by atoms with van der Waals surface area (Å²) in [6.45, 7) is 2.46. The first-order valence-electron chi connectivity index (χ1n) is 6.14. The molecule has 0 bridgehead atoms. The number of hydrogen-bond donors (Lipinski definition) is 1. The minimum absolute atomic E-state index is 0.412. The van der Waals surface area contributed by atoms with Gasteiger partial charge in [0, 0.05) is 12.4 Å². The van der Waals surface area contributed by atoms with Crippen molar-refractivity contribution in [2.24, 2.45) is 0 Å². The third-order valence-corrected chi connectivity index (χ3v) is 2.96. The molecule has 4 heteroatoms. The maximum Gasteiger partial charge on any atom is 0.142 e. The minimum Gasteiger partial charge on any atom is -0.485 e. The van der Waals surface area contributed by atoms with Gasteiger partial charge >= 0.3 is 0 Å². The van der Waals surface area contributed by atoms with Crippen LogP contribution in [0.2, 0.25) is 0 Å². The summed E-state index contributed by atoms with van der Waals surface area (Å²) in [5.41, 5.74) is 9.48. The molecule has 0 amide bonds. The Hall–Kier alpha value is -2.49. The van der Waals surface area contributed by atoms with Crippen LogP contribution in [-0.4, -0.2) is 9.38 Å². The molecule has 1 aromatic carbocycles. The van der Waals surface area contributed by atoms with Gasteiger partial charge in [0.05, 0.1) is 11.4 Å². The molecule has 0 saturated heterocycles. The number of anilines is 1. The number of nitrogens with two attached hydrogens (primary N) is 1. The zero-order chi connectivity index (χ0) is 13.2. The van der Waals surface area contributed by atoms with Crippen molar-refractivity contribution >= 4 is 11.3 Å². The third kappa shape index (κ3) is 2.38. The molecule has 0 atom stereocenters. The van der Waals surface area contributed by atoms with Crippen LogP contribution < -0.4 is 10.5 Å². The van der Waals surface area contributed by atoms with E-state index in [2.05, 4.69) is 18.0 Å². The fraction of sp³-hybridized carbons (Fsp3) is 0.133. The van der Waals surface area contributed by atoms with E-state index in [1.165, 1.54) is 5.56 Å². The Kier molecular flexibility index (Phi) is 2.83. The van der Waals surface area contributed by atoms with Gasteiger partial charge in [-0.25, -0.2) is 4.98 Å². The Morgan fingerprint density at radius 2 is 2.11 bits per heavy atom. The summed E-state index contributed by atoms with van der Waals surface area (Å²) in [6, 6.07) is 11.6. The standard InChI is InChI=1S/C15H15N3O/c1-11-6-7-18-9-12(17-15(18)8-11)10-19-14-5-3-2-4-13(14)16/h2-9H,10,16H2,1H3. The second kappa shape index (κ2) is 4.65. The fourth-order valence-electron chi connectivity index (χ4n) is 1.97. The van der Waals surface area contributed by atoms with Crippen LogP contribution in [0, 0.1) is 6.92 Å². The fourth-order valence-corrected chi connectivity index (χ4v) is 1.97. The lowest BCUT2D eigenvalue weighted by Crippen LogP contribution is -1.98. The summed E-state index contributed by atoms with van der Waals surface area (Å²) in [6.07, 6.45) is 3.96. The molecule has 2 aromatic heterocycles. The van der Waals surface area contributed by atoms with Crippen molar-refractivity contribution in [3.8, 4) is 5.75 Å². The lowest BCUT2D eigenvalue weighted by Gasteiger charge is -2.06. The number of fused-ring (bicyclic) bond motifs is 1. The number of rotatable bonds is 3. The first-order valence-corrected chi connectivity index (χ1v) is 6.14. The van der Waals surface area contributed by atoms with Gasteiger partial charge in [-0.3, -0.25) is 0 Å². The van der Waals surface area contributed by atoms with Gasteiger partial charge in [0.15, 0.2) is 0 Å². The van der Waals surface area contributed by atoms with Crippen LogP contribution in [-0.2, 0) is 6.61 Å². The second-order valence-electron chi connectivity index (χ2n) is 4.53. The monoisotopic (exact) mass is 253 g/mol. The number of imidazole rings is 1. The number of nitrogens with zero attached hydrogens (tertiary/aromatic N) is 2. The smallest absolute Gasteiger partial charge is 0.142 e. The predicted octanol–water partition coefficient (Wildman–Crippen LogP) is 2.80. The Bertz CT molecular complexity index is 718. The zero-order valence-corrected chi connectivity index (χ0v) is 10.7. The van der Waals surface area contributed by atoms with Crippen LogP contribution in [0.5, 0.6) is 5.75 Å². The highest BCUT2D eigenvalue weighted by Crippen LogP contribution is 2.21. The molecule has 0 radical (unpaired) electrons. The van der Waals surface area contributed by atoms with Crippen molar-refractivity contribution < 1.29 is 4.74 Å². The highest BCUT2D eigenvalue weighted by atomic mass is 16.5. The van der Waals surface area contributed by atoms with Crippen LogP contribution >= 0.6 is 0 Å². The van der Waals surface area contributed by atoms with Crippen LogP contribution in [0.15, 0.2) is 48.8 Å². The minimum atomic E-state index is 0.412. The van der Waals surface area contributed by atoms with Gasteiger partial charge in [0.2, 0.25) is 0 Å². The molecule has 4 nitrogen and oxygen atoms in total. The second-order valence-corrected chi connectivity index (χ2v) is 4.53. The summed E-state index contributed by atoms with van der Waals surface area (Å²) < 4.78 is 7.67. The lowest BCUT2D eigenvalue weighted by molar-refractivity contribution is 0.304.